The molecule has 24 heavy (non-hydrogen) atoms. The molecule has 1 saturated carbocycles. The molecule has 1 aromatic carbocycles. The van der Waals surface area contributed by atoms with Crippen LogP contribution in [0.3, 0.4) is 0 Å². The van der Waals surface area contributed by atoms with Crippen molar-refractivity contribution in [3.63, 3.8) is 0 Å². The summed E-state index contributed by atoms with van der Waals surface area (Å²) in [4.78, 5) is 13.2. The minimum absolute atomic E-state index is 0. The van der Waals surface area contributed by atoms with Crippen molar-refractivity contribution in [1.82, 2.24) is 0 Å². The molecule has 1 saturated heterocycles. The number of carbonyl (C=O) groups excluding carboxylic acids is 1. The third-order valence-electron chi connectivity index (χ3n) is 5.95. The SMILES string of the molecule is C[N+]1(C)CCC(CC(=O)C(O)(c2ccccc2)C2CCCC2)C1.[Br-]. The lowest BCUT2D eigenvalue weighted by Crippen LogP contribution is -3.00. The van der Waals surface area contributed by atoms with Gasteiger partial charge >= 0.3 is 0 Å². The predicted molar refractivity (Wildman–Crippen MR) is 91.9 cm³/mol. The van der Waals surface area contributed by atoms with E-state index in [0.717, 1.165) is 55.2 Å². The fourth-order valence-electron chi connectivity index (χ4n) is 4.66. The second-order valence-electron chi connectivity index (χ2n) is 8.24. The topological polar surface area (TPSA) is 37.3 Å². The fourth-order valence-corrected chi connectivity index (χ4v) is 4.66. The van der Waals surface area contributed by atoms with Crippen molar-refractivity contribution in [2.45, 2.75) is 44.1 Å². The number of rotatable bonds is 5. The monoisotopic (exact) mass is 395 g/mol. The number of hydrogen-bond donors (Lipinski definition) is 1. The zero-order valence-electron chi connectivity index (χ0n) is 14.9. The van der Waals surface area contributed by atoms with Crippen molar-refractivity contribution < 1.29 is 31.4 Å². The Bertz CT molecular complexity index is 554. The van der Waals surface area contributed by atoms with Gasteiger partial charge in [0.1, 0.15) is 0 Å². The van der Waals surface area contributed by atoms with Crippen molar-refractivity contribution in [3.05, 3.63) is 35.9 Å². The number of hydrogen-bond acceptors (Lipinski definition) is 2. The van der Waals surface area contributed by atoms with Crippen molar-refractivity contribution in [1.29, 1.82) is 0 Å². The van der Waals surface area contributed by atoms with Crippen LogP contribution >= 0.6 is 0 Å². The summed E-state index contributed by atoms with van der Waals surface area (Å²) in [7, 11) is 4.45. The van der Waals surface area contributed by atoms with Crippen LogP contribution in [-0.2, 0) is 10.4 Å². The van der Waals surface area contributed by atoms with E-state index in [4.69, 9.17) is 0 Å². The van der Waals surface area contributed by atoms with Crippen LogP contribution in [0, 0.1) is 11.8 Å². The maximum atomic E-state index is 13.2. The molecule has 0 bridgehead atoms. The molecule has 1 aromatic rings. The fraction of sp³-hybridized carbons (Fsp3) is 0.650. The van der Waals surface area contributed by atoms with E-state index in [1.54, 1.807) is 0 Å². The smallest absolute Gasteiger partial charge is 0.169 e. The second kappa shape index (κ2) is 7.67. The van der Waals surface area contributed by atoms with E-state index in [1.807, 2.05) is 30.3 Å². The van der Waals surface area contributed by atoms with Crippen LogP contribution in [0.15, 0.2) is 30.3 Å². The highest BCUT2D eigenvalue weighted by Gasteiger charge is 2.47. The predicted octanol–water partition coefficient (Wildman–Crippen LogP) is 0.124. The molecule has 2 fully saturated rings. The zero-order chi connectivity index (χ0) is 16.5. The van der Waals surface area contributed by atoms with Crippen molar-refractivity contribution in [2.75, 3.05) is 27.2 Å². The minimum Gasteiger partial charge on any atom is -1.00 e. The summed E-state index contributed by atoms with van der Waals surface area (Å²) >= 11 is 0. The molecule has 2 aliphatic rings. The number of benzene rings is 1. The Kier molecular flexibility index (Phi) is 6.27. The maximum Gasteiger partial charge on any atom is 0.169 e. The van der Waals surface area contributed by atoms with Gasteiger partial charge in [-0.15, -0.1) is 0 Å². The van der Waals surface area contributed by atoms with Gasteiger partial charge in [-0.1, -0.05) is 43.2 Å². The largest absolute Gasteiger partial charge is 1.00 e. The minimum atomic E-state index is -1.28. The first-order chi connectivity index (χ1) is 10.9. The van der Waals surface area contributed by atoms with Crippen molar-refractivity contribution in [3.8, 4) is 0 Å². The molecule has 1 aliphatic heterocycles. The number of nitrogens with zero attached hydrogens (tertiary/aromatic N) is 1. The summed E-state index contributed by atoms with van der Waals surface area (Å²) in [5.41, 5.74) is -0.485. The van der Waals surface area contributed by atoms with Gasteiger partial charge in [-0.05, 0) is 24.3 Å². The number of likely N-dealkylation sites (tertiary alicyclic amines) is 1. The van der Waals surface area contributed by atoms with Crippen molar-refractivity contribution >= 4 is 5.78 Å². The van der Waals surface area contributed by atoms with Crippen LogP contribution in [0.25, 0.3) is 0 Å². The van der Waals surface area contributed by atoms with Gasteiger partial charge in [-0.2, -0.15) is 0 Å². The number of ketones is 1. The lowest BCUT2D eigenvalue weighted by Gasteiger charge is -2.34. The van der Waals surface area contributed by atoms with E-state index in [-0.39, 0.29) is 28.7 Å². The first-order valence-electron chi connectivity index (χ1n) is 9.05. The van der Waals surface area contributed by atoms with Gasteiger partial charge in [0.2, 0.25) is 0 Å². The Morgan fingerprint density at radius 2 is 1.79 bits per heavy atom. The first-order valence-corrected chi connectivity index (χ1v) is 9.05. The lowest BCUT2D eigenvalue weighted by molar-refractivity contribution is -0.879. The summed E-state index contributed by atoms with van der Waals surface area (Å²) in [6.45, 7) is 2.17. The molecule has 2 unspecified atom stereocenters. The maximum absolute atomic E-state index is 13.2. The second-order valence-corrected chi connectivity index (χ2v) is 8.24. The summed E-state index contributed by atoms with van der Waals surface area (Å²) < 4.78 is 0.991. The normalized spacial score (nSPS) is 25.9. The van der Waals surface area contributed by atoms with Gasteiger partial charge in [0, 0.05) is 18.8 Å². The van der Waals surface area contributed by atoms with E-state index < -0.39 is 5.60 Å². The standard InChI is InChI=1S/C20H30NO2.BrH/c1-21(2)13-12-16(15-21)14-19(22)20(23,18-10-6-7-11-18)17-8-4-3-5-9-17;/h3-5,8-9,16,18,23H,6-7,10-15H2,1-2H3;1H/q+1;/p-1. The van der Waals surface area contributed by atoms with Crippen LogP contribution in [0.4, 0.5) is 0 Å². The lowest BCUT2D eigenvalue weighted by atomic mass is 9.75. The molecule has 134 valence electrons. The number of halogens is 1. The highest BCUT2D eigenvalue weighted by Crippen LogP contribution is 2.42. The average molecular weight is 396 g/mol. The first kappa shape index (κ1) is 19.6. The van der Waals surface area contributed by atoms with Crippen LogP contribution in [0.5, 0.6) is 0 Å². The number of carbonyl (C=O) groups is 1. The van der Waals surface area contributed by atoms with E-state index >= 15 is 0 Å². The van der Waals surface area contributed by atoms with Gasteiger partial charge in [0.25, 0.3) is 0 Å². The molecular weight excluding hydrogens is 366 g/mol. The van der Waals surface area contributed by atoms with E-state index in [2.05, 4.69) is 14.1 Å². The molecule has 0 amide bonds. The Morgan fingerprint density at radius 3 is 2.33 bits per heavy atom. The highest BCUT2D eigenvalue weighted by molar-refractivity contribution is 5.89. The zero-order valence-corrected chi connectivity index (χ0v) is 16.5. The van der Waals surface area contributed by atoms with Crippen LogP contribution in [-0.4, -0.2) is 42.6 Å². The number of aliphatic hydroxyl groups is 1. The molecule has 1 heterocycles. The van der Waals surface area contributed by atoms with Crippen LogP contribution in [0.2, 0.25) is 0 Å². The Hall–Kier alpha value is -0.710. The summed E-state index contributed by atoms with van der Waals surface area (Å²) in [5, 5.41) is 11.5. The van der Waals surface area contributed by atoms with Crippen LogP contribution < -0.4 is 17.0 Å². The molecule has 0 radical (unpaired) electrons. The summed E-state index contributed by atoms with van der Waals surface area (Å²) in [6, 6.07) is 9.64. The van der Waals surface area contributed by atoms with Gasteiger partial charge in [0.05, 0.1) is 27.2 Å². The summed E-state index contributed by atoms with van der Waals surface area (Å²) in [6.07, 6.45) is 5.78. The third kappa shape index (κ3) is 3.92. The molecule has 3 rings (SSSR count). The molecule has 1 aliphatic carbocycles. The molecule has 2 atom stereocenters. The quantitative estimate of drug-likeness (QED) is 0.719. The Labute approximate surface area is 156 Å². The third-order valence-corrected chi connectivity index (χ3v) is 5.95. The average Bonchev–Trinajstić information content (AvgIpc) is 3.17. The van der Waals surface area contributed by atoms with Gasteiger partial charge in [-0.3, -0.25) is 4.79 Å². The molecule has 0 aromatic heterocycles. The molecular formula is C20H30BrNO2. The van der Waals surface area contributed by atoms with Gasteiger partial charge in [-0.25, -0.2) is 0 Å². The van der Waals surface area contributed by atoms with E-state index in [9.17, 15) is 9.90 Å². The highest BCUT2D eigenvalue weighted by atomic mass is 79.9. The number of Topliss-reactive ketones (excluding diaryl/α,β-unsaturated/α-hetero) is 1. The Balaban J connectivity index is 0.00000208. The molecule has 0 spiro atoms. The van der Waals surface area contributed by atoms with Crippen molar-refractivity contribution in [2.24, 2.45) is 11.8 Å². The Morgan fingerprint density at radius 1 is 1.17 bits per heavy atom. The van der Waals surface area contributed by atoms with E-state index in [0.29, 0.717) is 12.3 Å². The molecule has 1 N–H and O–H groups in total. The molecule has 4 heteroatoms. The van der Waals surface area contributed by atoms with Gasteiger partial charge < -0.3 is 26.6 Å². The summed E-state index contributed by atoms with van der Waals surface area (Å²) in [5.74, 6) is 0.540. The number of quaternary nitrogens is 1. The van der Waals surface area contributed by atoms with E-state index in [1.165, 1.54) is 0 Å². The molecule has 3 nitrogen and oxygen atoms in total. The van der Waals surface area contributed by atoms with Gasteiger partial charge in [0.15, 0.2) is 11.4 Å². The van der Waals surface area contributed by atoms with Crippen LogP contribution in [0.1, 0.15) is 44.1 Å².